The summed E-state index contributed by atoms with van der Waals surface area (Å²) in [7, 11) is 1.52. The molecule has 2 aromatic rings. The van der Waals surface area contributed by atoms with Crippen LogP contribution in [0.25, 0.3) is 5.65 Å². The Kier molecular flexibility index (Phi) is 3.67. The number of carbonyl (C=O) groups is 1. The average molecular weight is 215 g/mol. The summed E-state index contributed by atoms with van der Waals surface area (Å²) in [4.78, 5) is 10.6. The molecule has 0 aliphatic heterocycles. The van der Waals surface area contributed by atoms with Gasteiger partial charge in [0.2, 0.25) is 0 Å². The van der Waals surface area contributed by atoms with Gasteiger partial charge in [-0.1, -0.05) is 0 Å². The van der Waals surface area contributed by atoms with Crippen molar-refractivity contribution in [2.24, 2.45) is 0 Å². The molecule has 0 spiro atoms. The fourth-order valence-electron chi connectivity index (χ4n) is 1.14. The van der Waals surface area contributed by atoms with Gasteiger partial charge in [0, 0.05) is 12.3 Å². The molecule has 0 amide bonds. The number of hydrogen-bond donors (Lipinski definition) is 0. The molecule has 2 rings (SSSR count). The number of fused-ring (bicyclic) bond motifs is 1. The molecule has 0 aliphatic carbocycles. The van der Waals surface area contributed by atoms with Crippen LogP contribution in [0.3, 0.4) is 0 Å². The maximum atomic E-state index is 10.6. The summed E-state index contributed by atoms with van der Waals surface area (Å²) in [5.74, 6) is -0.986. The largest absolute Gasteiger partial charge is 1.00 e. The van der Waals surface area contributed by atoms with E-state index in [0.717, 1.165) is 0 Å². The van der Waals surface area contributed by atoms with Gasteiger partial charge in [0.1, 0.15) is 11.7 Å². The van der Waals surface area contributed by atoms with E-state index in [-0.39, 0.29) is 35.4 Å². The van der Waals surface area contributed by atoms with Crippen molar-refractivity contribution in [3.63, 3.8) is 0 Å². The molecule has 0 aromatic carbocycles. The van der Waals surface area contributed by atoms with Crippen molar-refractivity contribution < 1.29 is 44.2 Å². The van der Waals surface area contributed by atoms with Gasteiger partial charge in [0.05, 0.1) is 7.11 Å². The zero-order chi connectivity index (χ0) is 10.1. The minimum Gasteiger partial charge on any atom is -0.541 e. The maximum absolute atomic E-state index is 10.6. The first kappa shape index (κ1) is 12.0. The average Bonchev–Trinajstić information content (AvgIpc) is 2.59. The molecule has 2 heterocycles. The Bertz CT molecular complexity index is 497. The van der Waals surface area contributed by atoms with Gasteiger partial charge in [-0.3, -0.25) is 4.40 Å². The molecular formula is C8H6N3NaO3. The summed E-state index contributed by atoms with van der Waals surface area (Å²) in [6.45, 7) is 0. The number of methoxy groups -OCH3 is 1. The second-order valence-electron chi connectivity index (χ2n) is 2.61. The van der Waals surface area contributed by atoms with Gasteiger partial charge in [-0.2, -0.15) is 0 Å². The molecule has 0 atom stereocenters. The Morgan fingerprint density at radius 2 is 2.27 bits per heavy atom. The van der Waals surface area contributed by atoms with Crippen LogP contribution >= 0.6 is 0 Å². The molecule has 0 aliphatic rings. The molecule has 0 bridgehead atoms. The Morgan fingerprint density at radius 1 is 1.53 bits per heavy atom. The third-order valence-electron chi connectivity index (χ3n) is 1.80. The fourth-order valence-corrected chi connectivity index (χ4v) is 1.14. The summed E-state index contributed by atoms with van der Waals surface area (Å²) in [5, 5.41) is 17.7. The van der Waals surface area contributed by atoms with Gasteiger partial charge in [-0.25, -0.2) is 0 Å². The molecule has 15 heavy (non-hydrogen) atoms. The molecule has 72 valence electrons. The van der Waals surface area contributed by atoms with Gasteiger partial charge in [0.25, 0.3) is 0 Å². The van der Waals surface area contributed by atoms with E-state index in [9.17, 15) is 9.90 Å². The van der Waals surface area contributed by atoms with E-state index in [0.29, 0.717) is 11.4 Å². The fraction of sp³-hybridized carbons (Fsp3) is 0.125. The normalized spacial score (nSPS) is 9.67. The molecule has 0 saturated carbocycles. The maximum Gasteiger partial charge on any atom is 1.00 e. The molecule has 0 radical (unpaired) electrons. The number of aromatic carboxylic acids is 1. The SMILES string of the molecule is COc1ccn2c(C(=O)[O-])nnc2c1.[Na+]. The van der Waals surface area contributed by atoms with Gasteiger partial charge in [0.15, 0.2) is 11.5 Å². The van der Waals surface area contributed by atoms with Crippen LogP contribution in [0.1, 0.15) is 10.6 Å². The monoisotopic (exact) mass is 215 g/mol. The van der Waals surface area contributed by atoms with Crippen LogP contribution < -0.4 is 39.4 Å². The van der Waals surface area contributed by atoms with Crippen LogP contribution in [0.5, 0.6) is 5.75 Å². The molecule has 0 N–H and O–H groups in total. The van der Waals surface area contributed by atoms with Crippen molar-refractivity contribution in [3.8, 4) is 5.75 Å². The first-order valence-corrected chi connectivity index (χ1v) is 3.82. The molecule has 0 unspecified atom stereocenters. The van der Waals surface area contributed by atoms with Crippen molar-refractivity contribution in [1.29, 1.82) is 0 Å². The van der Waals surface area contributed by atoms with Gasteiger partial charge in [-0.05, 0) is 6.07 Å². The topological polar surface area (TPSA) is 79.5 Å². The first-order valence-electron chi connectivity index (χ1n) is 3.82. The predicted molar refractivity (Wildman–Crippen MR) is 43.9 cm³/mol. The number of aromatic nitrogens is 3. The Labute approximate surface area is 107 Å². The molecular weight excluding hydrogens is 209 g/mol. The van der Waals surface area contributed by atoms with Gasteiger partial charge < -0.3 is 14.6 Å². The number of rotatable bonds is 2. The van der Waals surface area contributed by atoms with Crippen LogP contribution in [0, 0.1) is 0 Å². The van der Waals surface area contributed by atoms with Crippen molar-refractivity contribution in [1.82, 2.24) is 14.6 Å². The molecule has 7 heteroatoms. The summed E-state index contributed by atoms with van der Waals surface area (Å²) in [6, 6.07) is 3.20. The standard InChI is InChI=1S/C8H7N3O3.Na/c1-14-5-2-3-11-6(4-5)9-10-7(11)8(12)13;/h2-4H,1H3,(H,12,13);/q;+1/p-1. The summed E-state index contributed by atoms with van der Waals surface area (Å²) >= 11 is 0. The van der Waals surface area contributed by atoms with E-state index in [4.69, 9.17) is 4.74 Å². The van der Waals surface area contributed by atoms with E-state index in [1.807, 2.05) is 0 Å². The van der Waals surface area contributed by atoms with Crippen LogP contribution in [0.15, 0.2) is 18.3 Å². The minimum atomic E-state index is -1.36. The van der Waals surface area contributed by atoms with Gasteiger partial charge >= 0.3 is 29.6 Å². The van der Waals surface area contributed by atoms with Gasteiger partial charge in [-0.15, -0.1) is 10.2 Å². The quantitative estimate of drug-likeness (QED) is 0.478. The van der Waals surface area contributed by atoms with E-state index >= 15 is 0 Å². The number of ether oxygens (including phenoxy) is 1. The summed E-state index contributed by atoms with van der Waals surface area (Å²) < 4.78 is 6.27. The van der Waals surface area contributed by atoms with Crippen LogP contribution in [-0.2, 0) is 0 Å². The van der Waals surface area contributed by atoms with Crippen LogP contribution in [-0.4, -0.2) is 27.7 Å². The summed E-state index contributed by atoms with van der Waals surface area (Å²) in [5.41, 5.74) is 0.406. The van der Waals surface area contributed by atoms with Crippen molar-refractivity contribution in [2.75, 3.05) is 7.11 Å². The molecule has 0 saturated heterocycles. The first-order chi connectivity index (χ1) is 6.72. The smallest absolute Gasteiger partial charge is 0.541 e. The van der Waals surface area contributed by atoms with E-state index in [1.54, 1.807) is 12.1 Å². The van der Waals surface area contributed by atoms with E-state index < -0.39 is 5.97 Å². The van der Waals surface area contributed by atoms with Crippen molar-refractivity contribution in [3.05, 3.63) is 24.2 Å². The minimum absolute atomic E-state index is 0. The van der Waals surface area contributed by atoms with Crippen molar-refractivity contribution >= 4 is 11.6 Å². The number of hydrogen-bond acceptors (Lipinski definition) is 5. The zero-order valence-electron chi connectivity index (χ0n) is 8.30. The second kappa shape index (κ2) is 4.61. The zero-order valence-corrected chi connectivity index (χ0v) is 10.3. The van der Waals surface area contributed by atoms with Crippen molar-refractivity contribution in [2.45, 2.75) is 0 Å². The number of nitrogens with zero attached hydrogens (tertiary/aromatic N) is 3. The van der Waals surface area contributed by atoms with Crippen LogP contribution in [0.2, 0.25) is 0 Å². The Morgan fingerprint density at radius 3 is 2.87 bits per heavy atom. The third-order valence-corrected chi connectivity index (χ3v) is 1.80. The molecule has 6 nitrogen and oxygen atoms in total. The summed E-state index contributed by atoms with van der Waals surface area (Å²) in [6.07, 6.45) is 1.51. The number of carboxylic acids is 1. The van der Waals surface area contributed by atoms with E-state index in [1.165, 1.54) is 17.7 Å². The number of pyridine rings is 1. The molecule has 0 fully saturated rings. The second-order valence-corrected chi connectivity index (χ2v) is 2.61. The molecule has 2 aromatic heterocycles. The Balaban J connectivity index is 0.00000112. The number of carbonyl (C=O) groups excluding carboxylic acids is 1. The number of carboxylic acid groups (broad SMARTS) is 1. The predicted octanol–water partition coefficient (Wildman–Crippen LogP) is -3.89. The Hall–Kier alpha value is -1.11. The van der Waals surface area contributed by atoms with Crippen LogP contribution in [0.4, 0.5) is 0 Å². The third kappa shape index (κ3) is 2.11. The van der Waals surface area contributed by atoms with E-state index in [2.05, 4.69) is 10.2 Å².